The predicted molar refractivity (Wildman–Crippen MR) is 40.2 cm³/mol. The highest BCUT2D eigenvalue weighted by Crippen LogP contribution is 2.51. The largest absolute Gasteiger partial charge is 0.321 e. The van der Waals surface area contributed by atoms with Crippen molar-refractivity contribution in [2.24, 2.45) is 0 Å². The van der Waals surface area contributed by atoms with E-state index in [0.29, 0.717) is 6.16 Å². The molecule has 0 saturated heterocycles. The zero-order chi connectivity index (χ0) is 7.33. The van der Waals surface area contributed by atoms with Crippen LogP contribution in [0.15, 0.2) is 0 Å². The van der Waals surface area contributed by atoms with Crippen LogP contribution in [0.4, 0.5) is 0 Å². The smallest absolute Gasteiger partial charge is 0.289 e. The van der Waals surface area contributed by atoms with Gasteiger partial charge in [0.25, 0.3) is 6.72 Å². The lowest BCUT2D eigenvalue weighted by Gasteiger charge is -2.04. The van der Waals surface area contributed by atoms with Crippen molar-refractivity contribution in [3.63, 3.8) is 0 Å². The number of hydrogen-bond donors (Lipinski definition) is 0. The van der Waals surface area contributed by atoms with Crippen molar-refractivity contribution in [3.05, 3.63) is 0 Å². The Morgan fingerprint density at radius 3 is 2.56 bits per heavy atom. The van der Waals surface area contributed by atoms with E-state index in [0.717, 1.165) is 12.8 Å². The minimum atomic E-state index is -2.72. The molecule has 0 saturated carbocycles. The SMILES string of the molecule is CCCC[P@](=O)(Cl)OC. The van der Waals surface area contributed by atoms with Crippen molar-refractivity contribution in [2.45, 2.75) is 19.8 Å². The van der Waals surface area contributed by atoms with E-state index in [2.05, 4.69) is 4.52 Å². The summed E-state index contributed by atoms with van der Waals surface area (Å²) in [6.07, 6.45) is 2.36. The van der Waals surface area contributed by atoms with Crippen LogP contribution in [0.2, 0.25) is 0 Å². The fourth-order valence-corrected chi connectivity index (χ4v) is 1.67. The van der Waals surface area contributed by atoms with E-state index in [-0.39, 0.29) is 0 Å². The molecule has 4 heteroatoms. The molecule has 0 heterocycles. The van der Waals surface area contributed by atoms with E-state index in [1.807, 2.05) is 6.92 Å². The Morgan fingerprint density at radius 2 is 2.22 bits per heavy atom. The summed E-state index contributed by atoms with van der Waals surface area (Å²) in [5.41, 5.74) is 0. The third-order valence-corrected chi connectivity index (χ3v) is 3.37. The van der Waals surface area contributed by atoms with Crippen LogP contribution in [0.3, 0.4) is 0 Å². The van der Waals surface area contributed by atoms with Gasteiger partial charge in [-0.1, -0.05) is 13.3 Å². The maximum absolute atomic E-state index is 10.9. The van der Waals surface area contributed by atoms with E-state index in [4.69, 9.17) is 11.2 Å². The topological polar surface area (TPSA) is 26.3 Å². The molecule has 0 fully saturated rings. The first-order chi connectivity index (χ1) is 4.12. The van der Waals surface area contributed by atoms with Crippen LogP contribution in [-0.2, 0) is 9.09 Å². The zero-order valence-corrected chi connectivity index (χ0v) is 7.41. The quantitative estimate of drug-likeness (QED) is 0.607. The van der Waals surface area contributed by atoms with Gasteiger partial charge >= 0.3 is 0 Å². The van der Waals surface area contributed by atoms with Crippen molar-refractivity contribution in [3.8, 4) is 0 Å². The molecule has 1 atom stereocenters. The van der Waals surface area contributed by atoms with Gasteiger partial charge in [0.05, 0.1) is 0 Å². The van der Waals surface area contributed by atoms with Crippen LogP contribution < -0.4 is 0 Å². The van der Waals surface area contributed by atoms with Gasteiger partial charge in [0, 0.05) is 13.3 Å². The van der Waals surface area contributed by atoms with E-state index in [1.54, 1.807) is 0 Å². The Labute approximate surface area is 60.8 Å². The van der Waals surface area contributed by atoms with Gasteiger partial charge in [0.1, 0.15) is 0 Å². The van der Waals surface area contributed by atoms with Crippen LogP contribution in [0.1, 0.15) is 19.8 Å². The van der Waals surface area contributed by atoms with Crippen LogP contribution in [-0.4, -0.2) is 13.3 Å². The number of hydrogen-bond acceptors (Lipinski definition) is 2. The van der Waals surface area contributed by atoms with Crippen molar-refractivity contribution in [2.75, 3.05) is 13.3 Å². The van der Waals surface area contributed by atoms with Crippen molar-refractivity contribution in [1.29, 1.82) is 0 Å². The monoisotopic (exact) mass is 170 g/mol. The Hall–Kier alpha value is 0.480. The van der Waals surface area contributed by atoms with Gasteiger partial charge in [-0.2, -0.15) is 0 Å². The molecular weight excluding hydrogens is 158 g/mol. The highest BCUT2D eigenvalue weighted by Gasteiger charge is 2.14. The summed E-state index contributed by atoms with van der Waals surface area (Å²) in [6, 6.07) is 0. The lowest BCUT2D eigenvalue weighted by atomic mass is 10.4. The molecule has 0 rings (SSSR count). The van der Waals surface area contributed by atoms with Gasteiger partial charge in [-0.15, -0.1) is 0 Å². The molecule has 0 amide bonds. The highest BCUT2D eigenvalue weighted by molar-refractivity contribution is 7.85. The van der Waals surface area contributed by atoms with Crippen LogP contribution in [0.25, 0.3) is 0 Å². The fourth-order valence-electron chi connectivity index (χ4n) is 0.438. The average molecular weight is 171 g/mol. The summed E-state index contributed by atoms with van der Waals surface area (Å²) in [4.78, 5) is 0. The first-order valence-electron chi connectivity index (χ1n) is 2.97. The van der Waals surface area contributed by atoms with Gasteiger partial charge in [0.2, 0.25) is 0 Å². The third kappa shape index (κ3) is 4.95. The lowest BCUT2D eigenvalue weighted by molar-refractivity contribution is 0.407. The molecule has 0 radical (unpaired) electrons. The van der Waals surface area contributed by atoms with Gasteiger partial charge in [0.15, 0.2) is 0 Å². The summed E-state index contributed by atoms with van der Waals surface area (Å²) in [7, 11) is 1.38. The Morgan fingerprint density at radius 1 is 1.67 bits per heavy atom. The molecular formula is C5H12ClO2P. The van der Waals surface area contributed by atoms with E-state index in [9.17, 15) is 4.57 Å². The van der Waals surface area contributed by atoms with Crippen LogP contribution >= 0.6 is 18.0 Å². The Balaban J connectivity index is 3.46. The summed E-state index contributed by atoms with van der Waals surface area (Å²) in [5.74, 6) is 0. The predicted octanol–water partition coefficient (Wildman–Crippen LogP) is 2.86. The summed E-state index contributed by atoms with van der Waals surface area (Å²) < 4.78 is 15.4. The van der Waals surface area contributed by atoms with Gasteiger partial charge in [-0.05, 0) is 17.7 Å². The van der Waals surface area contributed by atoms with Crippen molar-refractivity contribution >= 4 is 18.0 Å². The second kappa shape index (κ2) is 4.32. The molecule has 56 valence electrons. The van der Waals surface area contributed by atoms with E-state index < -0.39 is 6.72 Å². The maximum atomic E-state index is 10.9. The number of rotatable bonds is 4. The second-order valence-corrected chi connectivity index (χ2v) is 5.39. The molecule has 0 aromatic rings. The Bertz CT molecular complexity index is 116. The normalized spacial score (nSPS) is 17.2. The third-order valence-electron chi connectivity index (χ3n) is 1.05. The van der Waals surface area contributed by atoms with Crippen LogP contribution in [0, 0.1) is 0 Å². The first kappa shape index (κ1) is 9.48. The van der Waals surface area contributed by atoms with E-state index >= 15 is 0 Å². The lowest BCUT2D eigenvalue weighted by Crippen LogP contribution is -1.84. The van der Waals surface area contributed by atoms with Gasteiger partial charge in [-0.25, -0.2) is 0 Å². The molecule has 0 aliphatic carbocycles. The number of halogens is 1. The second-order valence-electron chi connectivity index (χ2n) is 1.85. The molecule has 0 aliphatic heterocycles. The molecule has 9 heavy (non-hydrogen) atoms. The van der Waals surface area contributed by atoms with Crippen molar-refractivity contribution in [1.82, 2.24) is 0 Å². The first-order valence-corrected chi connectivity index (χ1v) is 5.68. The maximum Gasteiger partial charge on any atom is 0.289 e. The molecule has 0 aromatic heterocycles. The van der Waals surface area contributed by atoms with Gasteiger partial charge in [-0.3, -0.25) is 4.57 Å². The minimum Gasteiger partial charge on any atom is -0.321 e. The summed E-state index contributed by atoms with van der Waals surface area (Å²) in [6.45, 7) is -0.697. The molecule has 2 nitrogen and oxygen atoms in total. The van der Waals surface area contributed by atoms with Crippen LogP contribution in [0.5, 0.6) is 0 Å². The molecule has 0 bridgehead atoms. The molecule has 0 N–H and O–H groups in total. The molecule has 0 unspecified atom stereocenters. The molecule has 0 aromatic carbocycles. The summed E-state index contributed by atoms with van der Waals surface area (Å²) >= 11 is 5.43. The summed E-state index contributed by atoms with van der Waals surface area (Å²) in [5, 5.41) is 0. The van der Waals surface area contributed by atoms with Gasteiger partial charge < -0.3 is 4.52 Å². The fraction of sp³-hybridized carbons (Fsp3) is 1.00. The standard InChI is InChI=1S/C5H12ClO2P/c1-3-4-5-9(6,7)8-2/h3-5H2,1-2H3/t9-/m1/s1. The van der Waals surface area contributed by atoms with E-state index in [1.165, 1.54) is 7.11 Å². The minimum absolute atomic E-state index is 0.488. The highest BCUT2D eigenvalue weighted by atomic mass is 35.7. The average Bonchev–Trinajstić information content (AvgIpc) is 1.84. The number of unbranched alkanes of at least 4 members (excludes halogenated alkanes) is 1. The zero-order valence-electron chi connectivity index (χ0n) is 5.76. The van der Waals surface area contributed by atoms with Crippen molar-refractivity contribution < 1.29 is 9.09 Å². The molecule has 0 aliphatic rings. The Kier molecular flexibility index (Phi) is 4.55. The molecule has 0 spiro atoms.